The molecule has 0 aliphatic rings. The molecule has 1 unspecified atom stereocenters. The van der Waals surface area contributed by atoms with Crippen LogP contribution in [0.5, 0.6) is 0 Å². The van der Waals surface area contributed by atoms with Crippen LogP contribution in [0.3, 0.4) is 0 Å². The maximum Gasteiger partial charge on any atom is 0.354 e. The summed E-state index contributed by atoms with van der Waals surface area (Å²) < 4.78 is 5.10. The van der Waals surface area contributed by atoms with Gasteiger partial charge >= 0.3 is 5.97 Å². The summed E-state index contributed by atoms with van der Waals surface area (Å²) in [6, 6.07) is 1.53. The average molecular weight is 253 g/mol. The van der Waals surface area contributed by atoms with Crippen molar-refractivity contribution in [2.45, 2.75) is 32.7 Å². The molecule has 0 saturated carbocycles. The molecule has 6 heteroatoms. The Bertz CT molecular complexity index is 404. The van der Waals surface area contributed by atoms with E-state index < -0.39 is 5.97 Å². The van der Waals surface area contributed by atoms with Gasteiger partial charge in [-0.25, -0.2) is 14.8 Å². The van der Waals surface area contributed by atoms with E-state index in [0.29, 0.717) is 18.2 Å². The number of anilines is 1. The second kappa shape index (κ2) is 6.90. The molecule has 100 valence electrons. The smallest absolute Gasteiger partial charge is 0.354 e. The molecule has 2 N–H and O–H groups in total. The molecule has 0 fully saturated rings. The van der Waals surface area contributed by atoms with Gasteiger partial charge in [-0.3, -0.25) is 0 Å². The minimum atomic E-state index is -1.05. The molecule has 0 spiro atoms. The number of carboxylic acids is 1. The number of carboxylic acid groups (broad SMARTS) is 1. The van der Waals surface area contributed by atoms with Gasteiger partial charge < -0.3 is 15.2 Å². The quantitative estimate of drug-likeness (QED) is 0.769. The first-order valence-electron chi connectivity index (χ1n) is 5.91. The minimum Gasteiger partial charge on any atom is -0.477 e. The molecule has 0 saturated heterocycles. The zero-order valence-electron chi connectivity index (χ0n) is 10.9. The van der Waals surface area contributed by atoms with E-state index in [1.54, 1.807) is 14.0 Å². The molecule has 0 aliphatic heterocycles. The van der Waals surface area contributed by atoms with Crippen LogP contribution in [0, 0.1) is 6.92 Å². The summed E-state index contributed by atoms with van der Waals surface area (Å²) in [6.07, 6.45) is 1.91. The van der Waals surface area contributed by atoms with Crippen molar-refractivity contribution in [3.05, 3.63) is 17.5 Å². The number of nitrogens with zero attached hydrogens (tertiary/aromatic N) is 2. The Morgan fingerprint density at radius 1 is 1.56 bits per heavy atom. The van der Waals surface area contributed by atoms with E-state index in [2.05, 4.69) is 22.2 Å². The van der Waals surface area contributed by atoms with E-state index >= 15 is 0 Å². The van der Waals surface area contributed by atoms with Crippen molar-refractivity contribution in [1.82, 2.24) is 9.97 Å². The van der Waals surface area contributed by atoms with Crippen LogP contribution in [-0.2, 0) is 4.74 Å². The summed E-state index contributed by atoms with van der Waals surface area (Å²) in [5, 5.41) is 12.0. The molecule has 6 nitrogen and oxygen atoms in total. The summed E-state index contributed by atoms with van der Waals surface area (Å²) in [5.41, 5.74) is 0.621. The second-order valence-electron chi connectivity index (χ2n) is 4.11. The largest absolute Gasteiger partial charge is 0.477 e. The number of nitrogens with one attached hydrogen (secondary N) is 1. The second-order valence-corrected chi connectivity index (χ2v) is 4.11. The predicted octanol–water partition coefficient (Wildman–Crippen LogP) is 1.71. The van der Waals surface area contributed by atoms with Crippen LogP contribution < -0.4 is 5.32 Å². The third-order valence-electron chi connectivity index (χ3n) is 2.41. The first-order valence-corrected chi connectivity index (χ1v) is 5.91. The summed E-state index contributed by atoms with van der Waals surface area (Å²) in [4.78, 5) is 19.0. The maximum absolute atomic E-state index is 10.9. The van der Waals surface area contributed by atoms with Gasteiger partial charge in [-0.15, -0.1) is 0 Å². The summed E-state index contributed by atoms with van der Waals surface area (Å²) in [7, 11) is 1.63. The highest BCUT2D eigenvalue weighted by atomic mass is 16.5. The van der Waals surface area contributed by atoms with Crippen LogP contribution >= 0.6 is 0 Å². The van der Waals surface area contributed by atoms with Gasteiger partial charge in [0.2, 0.25) is 5.95 Å². The summed E-state index contributed by atoms with van der Waals surface area (Å²) in [6.45, 7) is 4.35. The summed E-state index contributed by atoms with van der Waals surface area (Å²) in [5.74, 6) is -0.717. The van der Waals surface area contributed by atoms with Crippen LogP contribution in [0.25, 0.3) is 0 Å². The van der Waals surface area contributed by atoms with Gasteiger partial charge in [-0.1, -0.05) is 13.3 Å². The molecular weight excluding hydrogens is 234 g/mol. The first-order chi connectivity index (χ1) is 8.56. The molecule has 0 aromatic carbocycles. The number of aromatic nitrogens is 2. The number of aromatic carboxylic acids is 1. The molecule has 0 bridgehead atoms. The van der Waals surface area contributed by atoms with Crippen LogP contribution in [0.15, 0.2) is 6.07 Å². The van der Waals surface area contributed by atoms with Crippen molar-refractivity contribution in [3.8, 4) is 0 Å². The molecular formula is C12H19N3O3. The lowest BCUT2D eigenvalue weighted by Crippen LogP contribution is -2.26. The Morgan fingerprint density at radius 2 is 2.28 bits per heavy atom. The van der Waals surface area contributed by atoms with Gasteiger partial charge in [0.25, 0.3) is 0 Å². The number of ether oxygens (including phenoxy) is 1. The molecule has 18 heavy (non-hydrogen) atoms. The molecule has 1 heterocycles. The van der Waals surface area contributed by atoms with E-state index in [9.17, 15) is 4.79 Å². The highest BCUT2D eigenvalue weighted by Crippen LogP contribution is 2.09. The Morgan fingerprint density at radius 3 is 2.83 bits per heavy atom. The van der Waals surface area contributed by atoms with Crippen LogP contribution in [0.4, 0.5) is 5.95 Å². The van der Waals surface area contributed by atoms with E-state index in [1.807, 2.05) is 0 Å². The maximum atomic E-state index is 10.9. The zero-order valence-corrected chi connectivity index (χ0v) is 10.9. The fourth-order valence-electron chi connectivity index (χ4n) is 1.67. The molecule has 1 rings (SSSR count). The minimum absolute atomic E-state index is 0.00216. The lowest BCUT2D eigenvalue weighted by molar-refractivity contribution is 0.0690. The number of carbonyl (C=O) groups is 1. The number of hydrogen-bond donors (Lipinski definition) is 2. The van der Waals surface area contributed by atoms with Crippen LogP contribution in [0.2, 0.25) is 0 Å². The van der Waals surface area contributed by atoms with Gasteiger partial charge in [-0.05, 0) is 19.4 Å². The normalized spacial score (nSPS) is 12.2. The average Bonchev–Trinajstić information content (AvgIpc) is 2.28. The van der Waals surface area contributed by atoms with E-state index in [4.69, 9.17) is 9.84 Å². The molecule has 1 atom stereocenters. The third-order valence-corrected chi connectivity index (χ3v) is 2.41. The van der Waals surface area contributed by atoms with Crippen molar-refractivity contribution in [2.24, 2.45) is 0 Å². The Hall–Kier alpha value is -1.69. The van der Waals surface area contributed by atoms with E-state index in [1.165, 1.54) is 6.07 Å². The molecule has 1 aromatic heterocycles. The Balaban J connectivity index is 2.84. The van der Waals surface area contributed by atoms with Crippen LogP contribution in [0.1, 0.15) is 35.9 Å². The number of rotatable bonds is 7. The van der Waals surface area contributed by atoms with E-state index in [0.717, 1.165) is 12.8 Å². The summed E-state index contributed by atoms with van der Waals surface area (Å²) >= 11 is 0. The SMILES string of the molecule is CCCC(COC)Nc1nc(C)cc(C(=O)O)n1. The lowest BCUT2D eigenvalue weighted by Gasteiger charge is -2.17. The standard InChI is InChI=1S/C12H19N3O3/c1-4-5-9(7-18-3)14-12-13-8(2)6-10(15-12)11(16)17/h6,9H,4-5,7H2,1-3H3,(H,16,17)(H,13,14,15). The highest BCUT2D eigenvalue weighted by molar-refractivity contribution is 5.85. The van der Waals surface area contributed by atoms with E-state index in [-0.39, 0.29) is 11.7 Å². The molecule has 1 aromatic rings. The van der Waals surface area contributed by atoms with Crippen molar-refractivity contribution in [2.75, 3.05) is 19.0 Å². The Kier molecular flexibility index (Phi) is 5.51. The highest BCUT2D eigenvalue weighted by Gasteiger charge is 2.12. The first kappa shape index (κ1) is 14.4. The zero-order chi connectivity index (χ0) is 13.5. The topological polar surface area (TPSA) is 84.3 Å². The van der Waals surface area contributed by atoms with Crippen molar-refractivity contribution < 1.29 is 14.6 Å². The van der Waals surface area contributed by atoms with Gasteiger partial charge in [-0.2, -0.15) is 0 Å². The molecule has 0 amide bonds. The van der Waals surface area contributed by atoms with Crippen LogP contribution in [-0.4, -0.2) is 40.8 Å². The number of aryl methyl sites for hydroxylation is 1. The van der Waals surface area contributed by atoms with Crippen molar-refractivity contribution in [3.63, 3.8) is 0 Å². The van der Waals surface area contributed by atoms with Gasteiger partial charge in [0, 0.05) is 12.8 Å². The number of methoxy groups -OCH3 is 1. The fraction of sp³-hybridized carbons (Fsp3) is 0.583. The monoisotopic (exact) mass is 253 g/mol. The fourth-order valence-corrected chi connectivity index (χ4v) is 1.67. The van der Waals surface area contributed by atoms with Crippen molar-refractivity contribution >= 4 is 11.9 Å². The predicted molar refractivity (Wildman–Crippen MR) is 67.9 cm³/mol. The number of hydrogen-bond acceptors (Lipinski definition) is 5. The van der Waals surface area contributed by atoms with Gasteiger partial charge in [0.05, 0.1) is 12.6 Å². The molecule has 0 radical (unpaired) electrons. The third kappa shape index (κ3) is 4.29. The van der Waals surface area contributed by atoms with Crippen molar-refractivity contribution in [1.29, 1.82) is 0 Å². The van der Waals surface area contributed by atoms with Gasteiger partial charge in [0.1, 0.15) is 0 Å². The lowest BCUT2D eigenvalue weighted by atomic mass is 10.2. The Labute approximate surface area is 106 Å². The van der Waals surface area contributed by atoms with Gasteiger partial charge in [0.15, 0.2) is 5.69 Å². The molecule has 0 aliphatic carbocycles.